The fourth-order valence-electron chi connectivity index (χ4n) is 2.59. The Morgan fingerprint density at radius 1 is 1.42 bits per heavy atom. The van der Waals surface area contributed by atoms with Crippen LogP contribution in [-0.4, -0.2) is 69.7 Å². The van der Waals surface area contributed by atoms with E-state index in [2.05, 4.69) is 4.98 Å². The third-order valence-electron chi connectivity index (χ3n) is 3.80. The molecule has 0 bridgehead atoms. The second kappa shape index (κ2) is 5.71. The lowest BCUT2D eigenvalue weighted by Gasteiger charge is -2.26. The van der Waals surface area contributed by atoms with E-state index in [1.165, 1.54) is 0 Å². The predicted molar refractivity (Wildman–Crippen MR) is 71.8 cm³/mol. The molecule has 1 aromatic rings. The van der Waals surface area contributed by atoms with Crippen LogP contribution < -0.4 is 0 Å². The number of aliphatic hydroxyl groups excluding tert-OH is 1. The Kier molecular flexibility index (Phi) is 4.21. The average molecular weight is 266 g/mol. The van der Waals surface area contributed by atoms with Crippen LogP contribution in [0.3, 0.4) is 0 Å². The summed E-state index contributed by atoms with van der Waals surface area (Å²) in [5.74, 6) is 0.400. The van der Waals surface area contributed by atoms with Gasteiger partial charge in [0.05, 0.1) is 6.10 Å². The summed E-state index contributed by atoms with van der Waals surface area (Å²) in [6, 6.07) is 0.110. The summed E-state index contributed by atoms with van der Waals surface area (Å²) >= 11 is 0. The summed E-state index contributed by atoms with van der Waals surface area (Å²) in [6.07, 6.45) is 4.41. The molecule has 0 saturated carbocycles. The van der Waals surface area contributed by atoms with Crippen LogP contribution in [0, 0.1) is 0 Å². The number of aromatic nitrogens is 2. The molecule has 0 radical (unpaired) electrons. The van der Waals surface area contributed by atoms with Gasteiger partial charge in [0, 0.05) is 38.6 Å². The lowest BCUT2D eigenvalue weighted by Crippen LogP contribution is -2.38. The summed E-state index contributed by atoms with van der Waals surface area (Å²) in [4.78, 5) is 20.3. The van der Waals surface area contributed by atoms with Crippen LogP contribution in [0.15, 0.2) is 12.4 Å². The van der Waals surface area contributed by atoms with Gasteiger partial charge in [0.1, 0.15) is 0 Å². The maximum atomic E-state index is 12.4. The zero-order valence-electron chi connectivity index (χ0n) is 11.8. The van der Waals surface area contributed by atoms with E-state index in [1.807, 2.05) is 26.0 Å². The van der Waals surface area contributed by atoms with Gasteiger partial charge in [-0.2, -0.15) is 0 Å². The number of carbonyl (C=O) groups is 1. The number of imidazole rings is 1. The van der Waals surface area contributed by atoms with Crippen LogP contribution in [0.2, 0.25) is 0 Å². The number of likely N-dealkylation sites (tertiary alicyclic amines) is 1. The Bertz CT molecular complexity index is 444. The monoisotopic (exact) mass is 266 g/mol. The van der Waals surface area contributed by atoms with Gasteiger partial charge in [0.25, 0.3) is 5.91 Å². The van der Waals surface area contributed by atoms with Crippen molar-refractivity contribution in [3.05, 3.63) is 18.2 Å². The standard InChI is InChI=1S/C13H22N4O2/c1-15(2)10-4-7-17(8-5-11(10)18)13(19)12-14-6-9-16(12)3/h6,9-11,18H,4-5,7-8H2,1-3H3/t10-,11-/m0/s1. The van der Waals surface area contributed by atoms with Crippen molar-refractivity contribution in [2.24, 2.45) is 7.05 Å². The summed E-state index contributed by atoms with van der Waals surface area (Å²) < 4.78 is 1.73. The van der Waals surface area contributed by atoms with E-state index in [9.17, 15) is 9.90 Å². The Labute approximate surface area is 113 Å². The fraction of sp³-hybridized carbons (Fsp3) is 0.692. The minimum Gasteiger partial charge on any atom is -0.391 e. The van der Waals surface area contributed by atoms with Gasteiger partial charge in [0.2, 0.25) is 0 Å². The zero-order chi connectivity index (χ0) is 14.0. The number of amides is 1. The number of likely N-dealkylation sites (N-methyl/N-ethyl adjacent to an activating group) is 1. The highest BCUT2D eigenvalue weighted by Crippen LogP contribution is 2.17. The molecule has 0 aliphatic carbocycles. The summed E-state index contributed by atoms with van der Waals surface area (Å²) in [5.41, 5.74) is 0. The lowest BCUT2D eigenvalue weighted by atomic mass is 10.1. The number of hydrogen-bond acceptors (Lipinski definition) is 4. The van der Waals surface area contributed by atoms with Crippen LogP contribution in [0.25, 0.3) is 0 Å². The van der Waals surface area contributed by atoms with E-state index < -0.39 is 0 Å². The second-order valence-corrected chi connectivity index (χ2v) is 5.33. The van der Waals surface area contributed by atoms with Gasteiger partial charge in [-0.25, -0.2) is 4.98 Å². The highest BCUT2D eigenvalue weighted by Gasteiger charge is 2.29. The molecule has 6 heteroatoms. The first-order valence-corrected chi connectivity index (χ1v) is 6.61. The molecule has 19 heavy (non-hydrogen) atoms. The molecule has 1 aliphatic rings. The van der Waals surface area contributed by atoms with Crippen molar-refractivity contribution in [2.75, 3.05) is 27.2 Å². The van der Waals surface area contributed by atoms with Gasteiger partial charge >= 0.3 is 0 Å². The normalized spacial score (nSPS) is 24.6. The molecule has 0 spiro atoms. The van der Waals surface area contributed by atoms with E-state index in [1.54, 1.807) is 21.9 Å². The number of aliphatic hydroxyl groups is 1. The third-order valence-corrected chi connectivity index (χ3v) is 3.80. The van der Waals surface area contributed by atoms with Crippen molar-refractivity contribution in [1.82, 2.24) is 19.4 Å². The Morgan fingerprint density at radius 3 is 2.68 bits per heavy atom. The maximum absolute atomic E-state index is 12.4. The first-order chi connectivity index (χ1) is 9.00. The predicted octanol–water partition coefficient (Wildman–Crippen LogP) is -0.0528. The Morgan fingerprint density at radius 2 is 2.11 bits per heavy atom. The molecule has 1 N–H and O–H groups in total. The molecular weight excluding hydrogens is 244 g/mol. The van der Waals surface area contributed by atoms with Crippen LogP contribution in [0.1, 0.15) is 23.5 Å². The summed E-state index contributed by atoms with van der Waals surface area (Å²) in [7, 11) is 5.74. The quantitative estimate of drug-likeness (QED) is 0.815. The molecular formula is C13H22N4O2. The largest absolute Gasteiger partial charge is 0.391 e. The lowest BCUT2D eigenvalue weighted by molar-refractivity contribution is 0.0714. The number of aryl methyl sites for hydroxylation is 1. The minimum atomic E-state index is -0.380. The molecule has 2 heterocycles. The smallest absolute Gasteiger partial charge is 0.289 e. The van der Waals surface area contributed by atoms with E-state index in [0.717, 1.165) is 6.42 Å². The van der Waals surface area contributed by atoms with Crippen molar-refractivity contribution in [3.8, 4) is 0 Å². The van der Waals surface area contributed by atoms with Crippen LogP contribution in [-0.2, 0) is 7.05 Å². The van der Waals surface area contributed by atoms with Crippen molar-refractivity contribution < 1.29 is 9.90 Å². The molecule has 1 fully saturated rings. The number of carbonyl (C=O) groups excluding carboxylic acids is 1. The van der Waals surface area contributed by atoms with Crippen LogP contribution in [0.5, 0.6) is 0 Å². The molecule has 0 unspecified atom stereocenters. The molecule has 2 rings (SSSR count). The molecule has 1 amide bonds. The first kappa shape index (κ1) is 14.0. The highest BCUT2D eigenvalue weighted by atomic mass is 16.3. The van der Waals surface area contributed by atoms with Gasteiger partial charge in [-0.05, 0) is 26.9 Å². The first-order valence-electron chi connectivity index (χ1n) is 6.61. The van der Waals surface area contributed by atoms with E-state index >= 15 is 0 Å². The summed E-state index contributed by atoms with van der Waals surface area (Å²) in [5, 5.41) is 10.1. The van der Waals surface area contributed by atoms with E-state index in [4.69, 9.17) is 0 Å². The van der Waals surface area contributed by atoms with Crippen LogP contribution >= 0.6 is 0 Å². The fourth-order valence-corrected chi connectivity index (χ4v) is 2.59. The third kappa shape index (κ3) is 2.96. The number of nitrogens with zero attached hydrogens (tertiary/aromatic N) is 4. The molecule has 1 aliphatic heterocycles. The summed E-state index contributed by atoms with van der Waals surface area (Å²) in [6.45, 7) is 1.24. The number of hydrogen-bond donors (Lipinski definition) is 1. The molecule has 0 aromatic carbocycles. The highest BCUT2D eigenvalue weighted by molar-refractivity contribution is 5.90. The molecule has 106 valence electrons. The van der Waals surface area contributed by atoms with Crippen molar-refractivity contribution in [1.29, 1.82) is 0 Å². The van der Waals surface area contributed by atoms with E-state index in [-0.39, 0.29) is 18.1 Å². The Balaban J connectivity index is 2.07. The topological polar surface area (TPSA) is 61.6 Å². The van der Waals surface area contributed by atoms with Crippen molar-refractivity contribution in [2.45, 2.75) is 25.0 Å². The average Bonchev–Trinajstić information content (AvgIpc) is 2.67. The Hall–Kier alpha value is -1.40. The maximum Gasteiger partial charge on any atom is 0.289 e. The molecule has 1 saturated heterocycles. The van der Waals surface area contributed by atoms with Crippen LogP contribution in [0.4, 0.5) is 0 Å². The molecule has 2 atom stereocenters. The van der Waals surface area contributed by atoms with E-state index in [0.29, 0.717) is 25.3 Å². The van der Waals surface area contributed by atoms with Gasteiger partial charge in [-0.3, -0.25) is 4.79 Å². The van der Waals surface area contributed by atoms with Gasteiger partial charge in [-0.15, -0.1) is 0 Å². The number of rotatable bonds is 2. The zero-order valence-corrected chi connectivity index (χ0v) is 11.8. The van der Waals surface area contributed by atoms with Gasteiger partial charge in [-0.1, -0.05) is 0 Å². The van der Waals surface area contributed by atoms with Crippen molar-refractivity contribution in [3.63, 3.8) is 0 Å². The SMILES string of the molecule is CN(C)[C@H]1CCN(C(=O)c2nccn2C)CC[C@@H]1O. The molecule has 1 aromatic heterocycles. The molecule has 6 nitrogen and oxygen atoms in total. The second-order valence-electron chi connectivity index (χ2n) is 5.33. The van der Waals surface area contributed by atoms with Gasteiger partial charge < -0.3 is 19.5 Å². The van der Waals surface area contributed by atoms with Gasteiger partial charge in [0.15, 0.2) is 5.82 Å². The van der Waals surface area contributed by atoms with Crippen molar-refractivity contribution >= 4 is 5.91 Å². The minimum absolute atomic E-state index is 0.0564.